The third-order valence-corrected chi connectivity index (χ3v) is 2.29. The standard InChI is InChI=1S/C11H17N3O/c1-14(8-2-7-12)10-5-3-9(4-6-10)11(13)15/h3-6H,2,7-8,12H2,1H3,(H2,13,15). The number of hydrogen-bond acceptors (Lipinski definition) is 3. The van der Waals surface area contributed by atoms with E-state index in [1.807, 2.05) is 19.2 Å². The van der Waals surface area contributed by atoms with Gasteiger partial charge in [-0.3, -0.25) is 4.79 Å². The zero-order chi connectivity index (χ0) is 11.3. The molecule has 0 fully saturated rings. The van der Waals surface area contributed by atoms with Gasteiger partial charge in [0.25, 0.3) is 0 Å². The van der Waals surface area contributed by atoms with Crippen LogP contribution >= 0.6 is 0 Å². The van der Waals surface area contributed by atoms with E-state index in [1.54, 1.807) is 12.1 Å². The second-order valence-electron chi connectivity index (χ2n) is 3.47. The molecule has 0 aliphatic rings. The minimum absolute atomic E-state index is 0.397. The van der Waals surface area contributed by atoms with Crippen molar-refractivity contribution in [1.29, 1.82) is 0 Å². The molecule has 0 bridgehead atoms. The Morgan fingerprint density at radius 2 is 1.93 bits per heavy atom. The summed E-state index contributed by atoms with van der Waals surface area (Å²) in [5.74, 6) is -0.397. The van der Waals surface area contributed by atoms with Crippen LogP contribution in [0.1, 0.15) is 16.8 Å². The second kappa shape index (κ2) is 5.36. The van der Waals surface area contributed by atoms with Crippen molar-refractivity contribution in [3.63, 3.8) is 0 Å². The van der Waals surface area contributed by atoms with Crippen LogP contribution in [0.15, 0.2) is 24.3 Å². The van der Waals surface area contributed by atoms with Crippen molar-refractivity contribution in [1.82, 2.24) is 0 Å². The van der Waals surface area contributed by atoms with Crippen LogP contribution in [0.3, 0.4) is 0 Å². The van der Waals surface area contributed by atoms with E-state index in [2.05, 4.69) is 4.90 Å². The summed E-state index contributed by atoms with van der Waals surface area (Å²) < 4.78 is 0. The van der Waals surface area contributed by atoms with E-state index in [-0.39, 0.29) is 0 Å². The number of nitrogens with zero attached hydrogens (tertiary/aromatic N) is 1. The first-order chi connectivity index (χ1) is 7.15. The van der Waals surface area contributed by atoms with Gasteiger partial charge in [-0.1, -0.05) is 0 Å². The maximum atomic E-state index is 10.8. The summed E-state index contributed by atoms with van der Waals surface area (Å²) in [4.78, 5) is 12.9. The zero-order valence-corrected chi connectivity index (χ0v) is 8.94. The van der Waals surface area contributed by atoms with E-state index in [0.717, 1.165) is 18.7 Å². The summed E-state index contributed by atoms with van der Waals surface area (Å²) in [6, 6.07) is 7.24. The summed E-state index contributed by atoms with van der Waals surface area (Å²) in [5, 5.41) is 0. The molecule has 0 atom stereocenters. The quantitative estimate of drug-likeness (QED) is 0.741. The van der Waals surface area contributed by atoms with Crippen LogP contribution in [0.5, 0.6) is 0 Å². The van der Waals surface area contributed by atoms with Crippen LogP contribution in [-0.2, 0) is 0 Å². The molecule has 0 saturated heterocycles. The molecule has 1 amide bonds. The van der Waals surface area contributed by atoms with Crippen molar-refractivity contribution in [3.8, 4) is 0 Å². The second-order valence-corrected chi connectivity index (χ2v) is 3.47. The first-order valence-electron chi connectivity index (χ1n) is 4.96. The third-order valence-electron chi connectivity index (χ3n) is 2.29. The minimum Gasteiger partial charge on any atom is -0.375 e. The summed E-state index contributed by atoms with van der Waals surface area (Å²) in [6.07, 6.45) is 0.952. The fourth-order valence-corrected chi connectivity index (χ4v) is 1.34. The topological polar surface area (TPSA) is 72.3 Å². The van der Waals surface area contributed by atoms with E-state index in [1.165, 1.54) is 0 Å². The molecule has 0 unspecified atom stereocenters. The van der Waals surface area contributed by atoms with Crippen LogP contribution in [0, 0.1) is 0 Å². The molecule has 0 aliphatic carbocycles. The maximum Gasteiger partial charge on any atom is 0.248 e. The van der Waals surface area contributed by atoms with Crippen molar-refractivity contribution < 1.29 is 4.79 Å². The predicted octanol–water partition coefficient (Wildman–Crippen LogP) is 0.570. The molecule has 0 aromatic heterocycles. The lowest BCUT2D eigenvalue weighted by atomic mass is 10.2. The van der Waals surface area contributed by atoms with Crippen molar-refractivity contribution in [2.45, 2.75) is 6.42 Å². The molecule has 0 saturated carbocycles. The first kappa shape index (κ1) is 11.5. The van der Waals surface area contributed by atoms with Crippen molar-refractivity contribution in [3.05, 3.63) is 29.8 Å². The van der Waals surface area contributed by atoms with Crippen LogP contribution < -0.4 is 16.4 Å². The Morgan fingerprint density at radius 3 is 2.40 bits per heavy atom. The summed E-state index contributed by atoms with van der Waals surface area (Å²) in [7, 11) is 1.99. The van der Waals surface area contributed by atoms with Crippen molar-refractivity contribution >= 4 is 11.6 Å². The molecule has 1 aromatic rings. The highest BCUT2D eigenvalue weighted by molar-refractivity contribution is 5.93. The molecule has 1 aromatic carbocycles. The number of hydrogen-bond donors (Lipinski definition) is 2. The number of rotatable bonds is 5. The van der Waals surface area contributed by atoms with Gasteiger partial charge in [0.1, 0.15) is 0 Å². The van der Waals surface area contributed by atoms with Gasteiger partial charge in [0.15, 0.2) is 0 Å². The summed E-state index contributed by atoms with van der Waals surface area (Å²) >= 11 is 0. The number of carbonyl (C=O) groups excluding carboxylic acids is 1. The number of benzene rings is 1. The highest BCUT2D eigenvalue weighted by Crippen LogP contribution is 2.13. The number of amides is 1. The average molecular weight is 207 g/mol. The number of anilines is 1. The largest absolute Gasteiger partial charge is 0.375 e. The van der Waals surface area contributed by atoms with E-state index in [0.29, 0.717) is 12.1 Å². The van der Waals surface area contributed by atoms with Crippen molar-refractivity contribution in [2.24, 2.45) is 11.5 Å². The number of nitrogens with two attached hydrogens (primary N) is 2. The first-order valence-corrected chi connectivity index (χ1v) is 4.96. The highest BCUT2D eigenvalue weighted by Gasteiger charge is 2.02. The lowest BCUT2D eigenvalue weighted by molar-refractivity contribution is 0.100. The molecule has 4 nitrogen and oxygen atoms in total. The molecule has 1 rings (SSSR count). The van der Waals surface area contributed by atoms with Crippen LogP contribution in [0.25, 0.3) is 0 Å². The Balaban J connectivity index is 2.66. The van der Waals surface area contributed by atoms with Gasteiger partial charge in [-0.25, -0.2) is 0 Å². The smallest absolute Gasteiger partial charge is 0.248 e. The Morgan fingerprint density at radius 1 is 1.33 bits per heavy atom. The fraction of sp³-hybridized carbons (Fsp3) is 0.364. The molecule has 0 heterocycles. The van der Waals surface area contributed by atoms with Crippen LogP contribution in [-0.4, -0.2) is 26.0 Å². The predicted molar refractivity (Wildman–Crippen MR) is 61.9 cm³/mol. The van der Waals surface area contributed by atoms with Gasteiger partial charge in [0, 0.05) is 24.8 Å². The third kappa shape index (κ3) is 3.25. The molecular formula is C11H17N3O. The highest BCUT2D eigenvalue weighted by atomic mass is 16.1. The van der Waals surface area contributed by atoms with Gasteiger partial charge < -0.3 is 16.4 Å². The Kier molecular flexibility index (Phi) is 4.12. The van der Waals surface area contributed by atoms with Crippen LogP contribution in [0.4, 0.5) is 5.69 Å². The number of carbonyl (C=O) groups is 1. The van der Waals surface area contributed by atoms with Gasteiger partial charge in [-0.05, 0) is 37.2 Å². The van der Waals surface area contributed by atoms with Gasteiger partial charge in [0.2, 0.25) is 5.91 Å². The van der Waals surface area contributed by atoms with Gasteiger partial charge in [-0.15, -0.1) is 0 Å². The average Bonchev–Trinajstić information content (AvgIpc) is 2.26. The van der Waals surface area contributed by atoms with E-state index < -0.39 is 5.91 Å². The summed E-state index contributed by atoms with van der Waals surface area (Å²) in [6.45, 7) is 1.59. The van der Waals surface area contributed by atoms with Gasteiger partial charge in [0.05, 0.1) is 0 Å². The molecule has 15 heavy (non-hydrogen) atoms. The fourth-order valence-electron chi connectivity index (χ4n) is 1.34. The Bertz CT molecular complexity index is 321. The van der Waals surface area contributed by atoms with Crippen molar-refractivity contribution in [2.75, 3.05) is 25.0 Å². The molecule has 0 radical (unpaired) electrons. The van der Waals surface area contributed by atoms with Crippen LogP contribution in [0.2, 0.25) is 0 Å². The molecule has 82 valence electrons. The lowest BCUT2D eigenvalue weighted by Crippen LogP contribution is -2.21. The molecule has 0 aliphatic heterocycles. The SMILES string of the molecule is CN(CCCN)c1ccc(C(N)=O)cc1. The maximum absolute atomic E-state index is 10.8. The normalized spacial score (nSPS) is 10.0. The molecule has 4 N–H and O–H groups in total. The summed E-state index contributed by atoms with van der Waals surface area (Å²) in [5.41, 5.74) is 12.2. The Hall–Kier alpha value is -1.55. The Labute approximate surface area is 89.9 Å². The van der Waals surface area contributed by atoms with E-state index in [4.69, 9.17) is 11.5 Å². The molecular weight excluding hydrogens is 190 g/mol. The van der Waals surface area contributed by atoms with E-state index in [9.17, 15) is 4.79 Å². The van der Waals surface area contributed by atoms with E-state index >= 15 is 0 Å². The number of primary amides is 1. The minimum atomic E-state index is -0.397. The molecule has 0 spiro atoms. The molecule has 4 heteroatoms. The van der Waals surface area contributed by atoms with Gasteiger partial charge >= 0.3 is 0 Å². The monoisotopic (exact) mass is 207 g/mol. The lowest BCUT2D eigenvalue weighted by Gasteiger charge is -2.18. The van der Waals surface area contributed by atoms with Gasteiger partial charge in [-0.2, -0.15) is 0 Å². The zero-order valence-electron chi connectivity index (χ0n) is 8.94.